The standard InChI is InChI=1S/C25H36N8O2/c1-16(2)20-15-27-33-21(20)30-22(28-17(3)18-7-11-26-12-8-18)31-23(33)29-19-9-13-32(14-10-19)24(34)35-25(4,5)6/h7-8,11-12,15-17,19H,9-10,13-14H2,1-6H3,(H2,28,29,30,31)/t17-/m1/s1. The summed E-state index contributed by atoms with van der Waals surface area (Å²) in [7, 11) is 0. The molecule has 0 radical (unpaired) electrons. The van der Waals surface area contributed by atoms with Crippen LogP contribution in [-0.2, 0) is 4.74 Å². The monoisotopic (exact) mass is 480 g/mol. The molecule has 3 aromatic heterocycles. The lowest BCUT2D eigenvalue weighted by Crippen LogP contribution is -2.44. The van der Waals surface area contributed by atoms with Crippen molar-refractivity contribution in [3.63, 3.8) is 0 Å². The van der Waals surface area contributed by atoms with E-state index >= 15 is 0 Å². The van der Waals surface area contributed by atoms with Gasteiger partial charge in [-0.3, -0.25) is 4.98 Å². The summed E-state index contributed by atoms with van der Waals surface area (Å²) in [6.45, 7) is 13.2. The van der Waals surface area contributed by atoms with E-state index in [1.54, 1.807) is 21.8 Å². The van der Waals surface area contributed by atoms with Gasteiger partial charge in [-0.1, -0.05) is 13.8 Å². The molecule has 0 bridgehead atoms. The minimum atomic E-state index is -0.496. The highest BCUT2D eigenvalue weighted by Gasteiger charge is 2.28. The van der Waals surface area contributed by atoms with E-state index in [1.807, 2.05) is 39.1 Å². The summed E-state index contributed by atoms with van der Waals surface area (Å²) in [5, 5.41) is 11.6. The topological polar surface area (TPSA) is 110 Å². The number of aromatic nitrogens is 5. The van der Waals surface area contributed by atoms with Gasteiger partial charge in [0.1, 0.15) is 5.60 Å². The second kappa shape index (κ2) is 10.1. The highest BCUT2D eigenvalue weighted by Crippen LogP contribution is 2.25. The maximum atomic E-state index is 12.4. The molecule has 0 spiro atoms. The summed E-state index contributed by atoms with van der Waals surface area (Å²) in [5.41, 5.74) is 2.46. The zero-order chi connectivity index (χ0) is 25.2. The van der Waals surface area contributed by atoms with Crippen molar-refractivity contribution in [2.75, 3.05) is 23.7 Å². The van der Waals surface area contributed by atoms with Crippen LogP contribution in [0, 0.1) is 0 Å². The largest absolute Gasteiger partial charge is 0.444 e. The molecule has 0 unspecified atom stereocenters. The predicted molar refractivity (Wildman–Crippen MR) is 136 cm³/mol. The van der Waals surface area contributed by atoms with Crippen LogP contribution in [0.1, 0.15) is 77.5 Å². The van der Waals surface area contributed by atoms with E-state index in [9.17, 15) is 4.79 Å². The molecule has 10 nitrogen and oxygen atoms in total. The second-order valence-corrected chi connectivity index (χ2v) is 10.4. The van der Waals surface area contributed by atoms with Gasteiger partial charge in [0.25, 0.3) is 0 Å². The number of amides is 1. The van der Waals surface area contributed by atoms with Crippen LogP contribution < -0.4 is 10.6 Å². The number of pyridine rings is 1. The molecule has 35 heavy (non-hydrogen) atoms. The minimum Gasteiger partial charge on any atom is -0.444 e. The Hall–Kier alpha value is -3.43. The number of rotatable bonds is 6. The quantitative estimate of drug-likeness (QED) is 0.526. The smallest absolute Gasteiger partial charge is 0.410 e. The number of fused-ring (bicyclic) bond motifs is 1. The molecule has 3 aromatic rings. The number of hydrogen-bond acceptors (Lipinski definition) is 8. The molecule has 2 N–H and O–H groups in total. The Bertz CT molecular complexity index is 1150. The summed E-state index contributed by atoms with van der Waals surface area (Å²) in [6, 6.07) is 4.12. The van der Waals surface area contributed by atoms with Crippen molar-refractivity contribution in [1.29, 1.82) is 0 Å². The lowest BCUT2D eigenvalue weighted by atomic mass is 10.1. The Morgan fingerprint density at radius 1 is 1.11 bits per heavy atom. The molecular weight excluding hydrogens is 444 g/mol. The Balaban J connectivity index is 1.52. The van der Waals surface area contributed by atoms with Crippen LogP contribution in [0.15, 0.2) is 30.7 Å². The van der Waals surface area contributed by atoms with Gasteiger partial charge in [0.05, 0.1) is 12.2 Å². The van der Waals surface area contributed by atoms with E-state index in [1.165, 1.54) is 0 Å². The van der Waals surface area contributed by atoms with Crippen molar-refractivity contribution < 1.29 is 9.53 Å². The highest BCUT2D eigenvalue weighted by molar-refractivity contribution is 5.68. The first-order valence-electron chi connectivity index (χ1n) is 12.3. The van der Waals surface area contributed by atoms with Gasteiger partial charge >= 0.3 is 6.09 Å². The van der Waals surface area contributed by atoms with Crippen LogP contribution in [-0.4, -0.2) is 60.3 Å². The van der Waals surface area contributed by atoms with Crippen molar-refractivity contribution in [3.05, 3.63) is 41.9 Å². The second-order valence-electron chi connectivity index (χ2n) is 10.4. The molecule has 4 rings (SSSR count). The predicted octanol–water partition coefficient (Wildman–Crippen LogP) is 4.63. The Kier molecular flexibility index (Phi) is 7.09. The van der Waals surface area contributed by atoms with Gasteiger partial charge in [0.15, 0.2) is 5.65 Å². The third-order valence-corrected chi connectivity index (χ3v) is 6.05. The Morgan fingerprint density at radius 3 is 2.43 bits per heavy atom. The lowest BCUT2D eigenvalue weighted by molar-refractivity contribution is 0.0210. The van der Waals surface area contributed by atoms with Crippen LogP contribution in [0.3, 0.4) is 0 Å². The number of anilines is 2. The fourth-order valence-corrected chi connectivity index (χ4v) is 4.10. The van der Waals surface area contributed by atoms with Crippen LogP contribution in [0.25, 0.3) is 5.65 Å². The maximum Gasteiger partial charge on any atom is 0.410 e. The zero-order valence-corrected chi connectivity index (χ0v) is 21.4. The number of likely N-dealkylation sites (tertiary alicyclic amines) is 1. The van der Waals surface area contributed by atoms with Crippen molar-refractivity contribution in [1.82, 2.24) is 29.5 Å². The van der Waals surface area contributed by atoms with E-state index in [0.717, 1.165) is 29.6 Å². The number of hydrogen-bond donors (Lipinski definition) is 2. The van der Waals surface area contributed by atoms with Gasteiger partial charge in [0.2, 0.25) is 11.9 Å². The SMILES string of the molecule is CC(C)c1cnn2c(NC3CCN(C(=O)OC(C)(C)C)CC3)nc(N[C@H](C)c3ccncc3)nc12. The van der Waals surface area contributed by atoms with E-state index < -0.39 is 5.60 Å². The molecule has 4 heterocycles. The summed E-state index contributed by atoms with van der Waals surface area (Å²) in [6.07, 6.45) is 6.74. The third kappa shape index (κ3) is 5.98. The van der Waals surface area contributed by atoms with Crippen molar-refractivity contribution in [2.24, 2.45) is 0 Å². The van der Waals surface area contributed by atoms with Crippen molar-refractivity contribution in [2.45, 2.75) is 78.0 Å². The number of ether oxygens (including phenoxy) is 1. The van der Waals surface area contributed by atoms with E-state index in [0.29, 0.717) is 25.0 Å². The van der Waals surface area contributed by atoms with Crippen molar-refractivity contribution in [3.8, 4) is 0 Å². The number of nitrogens with zero attached hydrogens (tertiary/aromatic N) is 6. The lowest BCUT2D eigenvalue weighted by Gasteiger charge is -2.33. The molecule has 1 aliphatic rings. The third-order valence-electron chi connectivity index (χ3n) is 6.05. The Labute approximate surface area is 206 Å². The van der Waals surface area contributed by atoms with Gasteiger partial charge in [-0.05, 0) is 64.2 Å². The van der Waals surface area contributed by atoms with Crippen LogP contribution in [0.2, 0.25) is 0 Å². The molecule has 0 saturated carbocycles. The first kappa shape index (κ1) is 24.7. The molecule has 0 aromatic carbocycles. The first-order valence-corrected chi connectivity index (χ1v) is 12.3. The maximum absolute atomic E-state index is 12.4. The number of nitrogens with one attached hydrogen (secondary N) is 2. The molecule has 1 aliphatic heterocycles. The van der Waals surface area contributed by atoms with Gasteiger partial charge in [0, 0.05) is 37.1 Å². The van der Waals surface area contributed by atoms with Gasteiger partial charge in [-0.15, -0.1) is 0 Å². The number of piperidine rings is 1. The molecule has 1 saturated heterocycles. The van der Waals surface area contributed by atoms with E-state index in [4.69, 9.17) is 14.7 Å². The molecule has 0 aliphatic carbocycles. The number of carbonyl (C=O) groups is 1. The average Bonchev–Trinajstić information content (AvgIpc) is 3.23. The molecule has 1 atom stereocenters. The van der Waals surface area contributed by atoms with E-state index in [2.05, 4.69) is 41.5 Å². The fraction of sp³-hybridized carbons (Fsp3) is 0.560. The van der Waals surface area contributed by atoms with E-state index in [-0.39, 0.29) is 24.1 Å². The summed E-state index contributed by atoms with van der Waals surface area (Å²) in [4.78, 5) is 27.9. The van der Waals surface area contributed by atoms with Crippen LogP contribution >= 0.6 is 0 Å². The molecule has 188 valence electrons. The Morgan fingerprint density at radius 2 is 1.80 bits per heavy atom. The summed E-state index contributed by atoms with van der Waals surface area (Å²) < 4.78 is 7.30. The average molecular weight is 481 g/mol. The highest BCUT2D eigenvalue weighted by atomic mass is 16.6. The molecule has 1 amide bonds. The first-order chi connectivity index (χ1) is 16.6. The normalized spacial score (nSPS) is 15.9. The number of carbonyl (C=O) groups excluding carboxylic acids is 1. The summed E-state index contributed by atoms with van der Waals surface area (Å²) >= 11 is 0. The fourth-order valence-electron chi connectivity index (χ4n) is 4.10. The minimum absolute atomic E-state index is 0.00999. The van der Waals surface area contributed by atoms with Crippen LogP contribution in [0.4, 0.5) is 16.7 Å². The van der Waals surface area contributed by atoms with Gasteiger partial charge in [-0.2, -0.15) is 19.6 Å². The van der Waals surface area contributed by atoms with Gasteiger partial charge < -0.3 is 20.3 Å². The van der Waals surface area contributed by atoms with Crippen molar-refractivity contribution >= 4 is 23.6 Å². The molecule has 1 fully saturated rings. The molecule has 10 heteroatoms. The molecular formula is C25H36N8O2. The van der Waals surface area contributed by atoms with Gasteiger partial charge in [-0.25, -0.2) is 4.79 Å². The zero-order valence-electron chi connectivity index (χ0n) is 21.4. The summed E-state index contributed by atoms with van der Waals surface area (Å²) in [5.74, 6) is 1.46. The van der Waals surface area contributed by atoms with Crippen LogP contribution in [0.5, 0.6) is 0 Å².